The first-order chi connectivity index (χ1) is 25.8. The molecule has 0 aliphatic carbocycles. The van der Waals surface area contributed by atoms with E-state index in [0.29, 0.717) is 0 Å². The molecule has 2 aromatic heterocycles. The number of aromatic nitrogens is 2. The van der Waals surface area contributed by atoms with E-state index in [0.717, 1.165) is 33.3 Å². The summed E-state index contributed by atoms with van der Waals surface area (Å²) in [6.45, 7) is 0. The van der Waals surface area contributed by atoms with E-state index in [2.05, 4.69) is 197 Å². The van der Waals surface area contributed by atoms with Gasteiger partial charge in [0.05, 0.1) is 27.9 Å². The van der Waals surface area contributed by atoms with Crippen LogP contribution in [0.5, 0.6) is 0 Å². The number of rotatable bonds is 3. The van der Waals surface area contributed by atoms with Gasteiger partial charge in [-0.3, -0.25) is 4.40 Å². The maximum atomic E-state index is 5.06. The van der Waals surface area contributed by atoms with Gasteiger partial charge in [-0.25, -0.2) is 4.98 Å². The zero-order valence-corrected chi connectivity index (χ0v) is 28.2. The number of nitrogens with zero attached hydrogens (tertiary/aromatic N) is 3. The summed E-state index contributed by atoms with van der Waals surface area (Å²) in [6.07, 6.45) is 0. The maximum absolute atomic E-state index is 5.06. The molecular formula is C49H31N3. The Hall–Kier alpha value is -6.97. The first kappa shape index (κ1) is 28.8. The molecule has 3 heterocycles. The van der Waals surface area contributed by atoms with Crippen molar-refractivity contribution in [1.82, 2.24) is 9.38 Å². The number of fused-ring (bicyclic) bond motifs is 13. The molecule has 8 aromatic carbocycles. The fourth-order valence-electron chi connectivity index (χ4n) is 8.33. The first-order valence-corrected chi connectivity index (χ1v) is 17.8. The van der Waals surface area contributed by atoms with Crippen LogP contribution in [0, 0.1) is 0 Å². The van der Waals surface area contributed by atoms with E-state index in [9.17, 15) is 0 Å². The molecule has 0 unspecified atom stereocenters. The van der Waals surface area contributed by atoms with Crippen molar-refractivity contribution >= 4 is 55.4 Å². The molecule has 3 nitrogen and oxygen atoms in total. The molecule has 1 aliphatic rings. The Labute approximate surface area is 301 Å². The normalized spacial score (nSPS) is 12.2. The van der Waals surface area contributed by atoms with Crippen LogP contribution in [0.4, 0.5) is 17.1 Å². The molecule has 1 aliphatic heterocycles. The van der Waals surface area contributed by atoms with E-state index in [1.807, 2.05) is 0 Å². The second-order valence-corrected chi connectivity index (χ2v) is 13.6. The summed E-state index contributed by atoms with van der Waals surface area (Å²) in [4.78, 5) is 7.47. The van der Waals surface area contributed by atoms with Gasteiger partial charge in [-0.2, -0.15) is 0 Å². The van der Waals surface area contributed by atoms with Gasteiger partial charge in [-0.1, -0.05) is 127 Å². The molecule has 0 radical (unpaired) electrons. The Morgan fingerprint density at radius 3 is 1.81 bits per heavy atom. The van der Waals surface area contributed by atoms with Crippen molar-refractivity contribution in [2.75, 3.05) is 4.90 Å². The van der Waals surface area contributed by atoms with E-state index in [1.54, 1.807) is 0 Å². The fourth-order valence-corrected chi connectivity index (χ4v) is 8.33. The van der Waals surface area contributed by atoms with Crippen molar-refractivity contribution in [2.24, 2.45) is 0 Å². The Bertz CT molecular complexity index is 3030. The molecule has 0 fully saturated rings. The summed E-state index contributed by atoms with van der Waals surface area (Å²) in [6, 6.07) is 68.2. The minimum Gasteiger partial charge on any atom is -0.309 e. The van der Waals surface area contributed by atoms with Crippen LogP contribution in [0.25, 0.3) is 82.9 Å². The van der Waals surface area contributed by atoms with E-state index in [4.69, 9.17) is 4.98 Å². The second-order valence-electron chi connectivity index (χ2n) is 13.6. The summed E-state index contributed by atoms with van der Waals surface area (Å²) in [7, 11) is 0. The number of para-hydroxylation sites is 4. The van der Waals surface area contributed by atoms with E-state index >= 15 is 0 Å². The van der Waals surface area contributed by atoms with Crippen LogP contribution >= 0.6 is 0 Å². The van der Waals surface area contributed by atoms with Crippen molar-refractivity contribution in [1.29, 1.82) is 0 Å². The quantitative estimate of drug-likeness (QED) is 0.176. The van der Waals surface area contributed by atoms with Gasteiger partial charge in [0.15, 0.2) is 0 Å². The highest BCUT2D eigenvalue weighted by atomic mass is 15.1. The number of anilines is 3. The fraction of sp³-hybridized carbons (Fsp3) is 0. The molecule has 242 valence electrons. The lowest BCUT2D eigenvalue weighted by atomic mass is 9.92. The summed E-state index contributed by atoms with van der Waals surface area (Å²) >= 11 is 0. The lowest BCUT2D eigenvalue weighted by molar-refractivity contribution is 1.29. The maximum Gasteiger partial charge on any atom is 0.146 e. The van der Waals surface area contributed by atoms with Gasteiger partial charge in [0.2, 0.25) is 0 Å². The lowest BCUT2D eigenvalue weighted by Gasteiger charge is -2.27. The van der Waals surface area contributed by atoms with Crippen molar-refractivity contribution in [3.8, 4) is 44.5 Å². The van der Waals surface area contributed by atoms with Crippen LogP contribution in [0.1, 0.15) is 0 Å². The number of benzene rings is 8. The molecule has 52 heavy (non-hydrogen) atoms. The third-order valence-corrected chi connectivity index (χ3v) is 10.7. The predicted octanol–water partition coefficient (Wildman–Crippen LogP) is 13.2. The summed E-state index contributed by atoms with van der Waals surface area (Å²) in [5, 5.41) is 3.59. The smallest absolute Gasteiger partial charge is 0.146 e. The molecule has 3 heteroatoms. The SMILES string of the molecule is c1ccc(N2c3ccccc3-c3ccccc3-c3cc(-c4cccc(-c5ccc6c(c5)c5ccccc5c5nc7ccccc7n65)c4)ccc32)cc1. The van der Waals surface area contributed by atoms with Crippen LogP contribution in [0.3, 0.4) is 0 Å². The lowest BCUT2D eigenvalue weighted by Crippen LogP contribution is -2.10. The zero-order chi connectivity index (χ0) is 34.2. The van der Waals surface area contributed by atoms with Gasteiger partial charge in [-0.05, 0) is 99.4 Å². The zero-order valence-electron chi connectivity index (χ0n) is 28.2. The van der Waals surface area contributed by atoms with Crippen molar-refractivity contribution in [3.05, 3.63) is 188 Å². The topological polar surface area (TPSA) is 20.5 Å². The Morgan fingerprint density at radius 2 is 0.962 bits per heavy atom. The molecule has 0 spiro atoms. The number of imidazole rings is 1. The molecule has 0 saturated heterocycles. The standard InChI is InChI=1S/C49H31N3/c1-2-15-36(16-3-1)51-45-23-10-8-20-40(45)37-17-4-5-18-38(37)42-30-34(25-27-46(42)51)32-13-12-14-33(29-32)35-26-28-47-43(31-35)39-19-6-7-21-41(39)49-50-44-22-9-11-24-48(44)52(47)49/h1-31H. The molecule has 0 atom stereocenters. The van der Waals surface area contributed by atoms with Gasteiger partial charge in [0, 0.05) is 27.6 Å². The van der Waals surface area contributed by atoms with Crippen LogP contribution < -0.4 is 4.90 Å². The van der Waals surface area contributed by atoms with Gasteiger partial charge in [0.1, 0.15) is 5.65 Å². The van der Waals surface area contributed by atoms with Crippen LogP contribution in [0.2, 0.25) is 0 Å². The van der Waals surface area contributed by atoms with Gasteiger partial charge < -0.3 is 4.90 Å². The molecule has 0 bridgehead atoms. The minimum atomic E-state index is 0.998. The molecule has 0 saturated carbocycles. The van der Waals surface area contributed by atoms with E-state index in [1.165, 1.54) is 66.7 Å². The summed E-state index contributed by atoms with van der Waals surface area (Å²) in [5.74, 6) is 0. The predicted molar refractivity (Wildman–Crippen MR) is 218 cm³/mol. The van der Waals surface area contributed by atoms with Gasteiger partial charge in [0.25, 0.3) is 0 Å². The van der Waals surface area contributed by atoms with Crippen molar-refractivity contribution in [2.45, 2.75) is 0 Å². The first-order valence-electron chi connectivity index (χ1n) is 17.8. The number of hydrogen-bond donors (Lipinski definition) is 0. The monoisotopic (exact) mass is 661 g/mol. The Morgan fingerprint density at radius 1 is 0.346 bits per heavy atom. The van der Waals surface area contributed by atoms with Crippen molar-refractivity contribution in [3.63, 3.8) is 0 Å². The Balaban J connectivity index is 1.08. The van der Waals surface area contributed by atoms with Crippen molar-refractivity contribution < 1.29 is 0 Å². The van der Waals surface area contributed by atoms with E-state index in [-0.39, 0.29) is 0 Å². The van der Waals surface area contributed by atoms with Gasteiger partial charge in [-0.15, -0.1) is 0 Å². The Kier molecular flexibility index (Phi) is 6.25. The number of pyridine rings is 1. The average molecular weight is 662 g/mol. The van der Waals surface area contributed by atoms with Crippen LogP contribution in [-0.2, 0) is 0 Å². The third-order valence-electron chi connectivity index (χ3n) is 10.7. The molecule has 11 rings (SSSR count). The van der Waals surface area contributed by atoms with Crippen LogP contribution in [0.15, 0.2) is 188 Å². The number of hydrogen-bond acceptors (Lipinski definition) is 2. The second kappa shape index (κ2) is 11.3. The molecular weight excluding hydrogens is 631 g/mol. The van der Waals surface area contributed by atoms with Gasteiger partial charge >= 0.3 is 0 Å². The largest absolute Gasteiger partial charge is 0.309 e. The summed E-state index contributed by atoms with van der Waals surface area (Å²) in [5.41, 5.74) is 17.5. The molecule has 0 N–H and O–H groups in total. The highest BCUT2D eigenvalue weighted by Crippen LogP contribution is 2.51. The minimum absolute atomic E-state index is 0.998. The molecule has 0 amide bonds. The molecule has 10 aromatic rings. The van der Waals surface area contributed by atoms with E-state index < -0.39 is 0 Å². The summed E-state index contributed by atoms with van der Waals surface area (Å²) < 4.78 is 2.32. The third kappa shape index (κ3) is 4.30. The average Bonchev–Trinajstić information content (AvgIpc) is 3.56. The highest BCUT2D eigenvalue weighted by Gasteiger charge is 2.26. The van der Waals surface area contributed by atoms with Crippen LogP contribution in [-0.4, -0.2) is 9.38 Å². The highest BCUT2D eigenvalue weighted by molar-refractivity contribution is 6.14.